The van der Waals surface area contributed by atoms with Crippen LogP contribution in [0.2, 0.25) is 0 Å². The molecular weight excluding hydrogens is 354 g/mol. The summed E-state index contributed by atoms with van der Waals surface area (Å²) >= 11 is 0. The molecule has 0 atom stereocenters. The first-order chi connectivity index (χ1) is 12.1. The minimum atomic E-state index is -3.17. The van der Waals surface area contributed by atoms with Crippen LogP contribution in [-0.4, -0.2) is 52.2 Å². The van der Waals surface area contributed by atoms with E-state index in [-0.39, 0.29) is 5.75 Å². The first-order valence-corrected chi connectivity index (χ1v) is 10.2. The summed E-state index contributed by atoms with van der Waals surface area (Å²) in [6.07, 6.45) is 0. The summed E-state index contributed by atoms with van der Waals surface area (Å²) in [4.78, 5) is 4.50. The molecule has 0 aliphatic rings. The molecule has 2 N–H and O–H groups in total. The Morgan fingerprint density at radius 2 is 1.77 bits per heavy atom. The third kappa shape index (κ3) is 6.40. The molecule has 0 heterocycles. The van der Waals surface area contributed by atoms with Crippen molar-refractivity contribution in [3.8, 4) is 11.5 Å². The average Bonchev–Trinajstić information content (AvgIpc) is 2.58. The van der Waals surface area contributed by atoms with Crippen molar-refractivity contribution in [1.29, 1.82) is 0 Å². The summed E-state index contributed by atoms with van der Waals surface area (Å²) in [5, 5.41) is 6.19. The number of hydrogen-bond donors (Lipinski definition) is 2. The van der Waals surface area contributed by atoms with Crippen molar-refractivity contribution in [1.82, 2.24) is 10.6 Å². The quantitative estimate of drug-likeness (QED) is 0.525. The predicted molar refractivity (Wildman–Crippen MR) is 106 cm³/mol. The van der Waals surface area contributed by atoms with Gasteiger partial charge in [0.2, 0.25) is 0 Å². The molecule has 0 fully saturated rings. The smallest absolute Gasteiger partial charge is 0.191 e. The van der Waals surface area contributed by atoms with E-state index in [0.29, 0.717) is 37.1 Å². The van der Waals surface area contributed by atoms with E-state index in [9.17, 15) is 8.42 Å². The molecule has 0 aliphatic carbocycles. The third-order valence-electron chi connectivity index (χ3n) is 3.81. The average molecular weight is 386 g/mol. The molecule has 7 nitrogen and oxygen atoms in total. The van der Waals surface area contributed by atoms with Gasteiger partial charge in [-0.05, 0) is 45.4 Å². The normalized spacial score (nSPS) is 12.6. The molecule has 0 saturated heterocycles. The van der Waals surface area contributed by atoms with E-state index in [4.69, 9.17) is 9.47 Å². The summed E-state index contributed by atoms with van der Waals surface area (Å²) in [5.74, 6) is 1.94. The summed E-state index contributed by atoms with van der Waals surface area (Å²) < 4.78 is 34.1. The molecular formula is C18H31N3O4S. The Morgan fingerprint density at radius 1 is 1.12 bits per heavy atom. The number of rotatable bonds is 8. The summed E-state index contributed by atoms with van der Waals surface area (Å²) in [6, 6.07) is 5.62. The van der Waals surface area contributed by atoms with Crippen molar-refractivity contribution in [3.05, 3.63) is 23.8 Å². The highest BCUT2D eigenvalue weighted by atomic mass is 32.2. The lowest BCUT2D eigenvalue weighted by atomic mass is 10.2. The van der Waals surface area contributed by atoms with E-state index < -0.39 is 14.6 Å². The van der Waals surface area contributed by atoms with Crippen LogP contribution in [-0.2, 0) is 16.4 Å². The van der Waals surface area contributed by atoms with Crippen molar-refractivity contribution in [2.75, 3.05) is 33.1 Å². The number of methoxy groups -OCH3 is 2. The Hall–Kier alpha value is -1.96. The number of benzene rings is 1. The number of hydrogen-bond acceptors (Lipinski definition) is 5. The fourth-order valence-corrected chi connectivity index (χ4v) is 3.08. The van der Waals surface area contributed by atoms with Gasteiger partial charge >= 0.3 is 0 Å². The number of nitrogens with zero attached hydrogens (tertiary/aromatic N) is 1. The Kier molecular flexibility index (Phi) is 8.20. The summed E-state index contributed by atoms with van der Waals surface area (Å²) in [7, 11) is 0.0134. The van der Waals surface area contributed by atoms with Gasteiger partial charge in [-0.1, -0.05) is 6.07 Å². The van der Waals surface area contributed by atoms with E-state index >= 15 is 0 Å². The Balaban J connectivity index is 2.75. The fourth-order valence-electron chi connectivity index (χ4n) is 2.10. The highest BCUT2D eigenvalue weighted by Crippen LogP contribution is 2.27. The van der Waals surface area contributed by atoms with E-state index in [1.165, 1.54) is 0 Å². The third-order valence-corrected chi connectivity index (χ3v) is 6.42. The molecule has 1 aromatic rings. The van der Waals surface area contributed by atoms with Gasteiger partial charge in [0.15, 0.2) is 27.3 Å². The zero-order valence-electron chi connectivity index (χ0n) is 16.5. The van der Waals surface area contributed by atoms with Crippen LogP contribution >= 0.6 is 0 Å². The summed E-state index contributed by atoms with van der Waals surface area (Å²) in [6.45, 7) is 8.50. The topological polar surface area (TPSA) is 89.0 Å². The van der Waals surface area contributed by atoms with Gasteiger partial charge in [0, 0.05) is 13.1 Å². The molecule has 1 aromatic carbocycles. The number of nitrogens with one attached hydrogen (secondary N) is 2. The minimum Gasteiger partial charge on any atom is -0.493 e. The van der Waals surface area contributed by atoms with Crippen LogP contribution in [0.1, 0.15) is 33.3 Å². The van der Waals surface area contributed by atoms with E-state index in [1.807, 2.05) is 25.1 Å². The maximum absolute atomic E-state index is 12.2. The van der Waals surface area contributed by atoms with Crippen molar-refractivity contribution in [2.45, 2.75) is 39.0 Å². The zero-order valence-corrected chi connectivity index (χ0v) is 17.4. The highest BCUT2D eigenvalue weighted by Gasteiger charge is 2.28. The molecule has 0 unspecified atom stereocenters. The molecule has 0 aromatic heterocycles. The van der Waals surface area contributed by atoms with Crippen LogP contribution in [0.15, 0.2) is 23.2 Å². The molecule has 0 saturated carbocycles. The van der Waals surface area contributed by atoms with Crippen LogP contribution in [0.4, 0.5) is 0 Å². The standard InChI is InChI=1S/C18H31N3O4S/c1-7-19-17(20-10-11-26(22,23)18(2,3)4)21-13-14-8-9-15(24-5)16(12-14)25-6/h8-9,12H,7,10-11,13H2,1-6H3,(H2,19,20,21). The SMILES string of the molecule is CCNC(=NCc1ccc(OC)c(OC)c1)NCCS(=O)(=O)C(C)(C)C. The highest BCUT2D eigenvalue weighted by molar-refractivity contribution is 7.92. The van der Waals surface area contributed by atoms with E-state index in [1.54, 1.807) is 35.0 Å². The lowest BCUT2D eigenvalue weighted by molar-refractivity contribution is 0.354. The van der Waals surface area contributed by atoms with Crippen LogP contribution in [0.3, 0.4) is 0 Å². The second-order valence-electron chi connectivity index (χ2n) is 6.74. The van der Waals surface area contributed by atoms with Crippen LogP contribution < -0.4 is 20.1 Å². The minimum absolute atomic E-state index is 0.0529. The van der Waals surface area contributed by atoms with Gasteiger partial charge in [-0.15, -0.1) is 0 Å². The molecule has 0 bridgehead atoms. The van der Waals surface area contributed by atoms with Gasteiger partial charge in [-0.2, -0.15) is 0 Å². The van der Waals surface area contributed by atoms with Crippen molar-refractivity contribution < 1.29 is 17.9 Å². The predicted octanol–water partition coefficient (Wildman–Crippen LogP) is 1.97. The molecule has 8 heteroatoms. The Labute approximate surface area is 157 Å². The van der Waals surface area contributed by atoms with Crippen molar-refractivity contribution >= 4 is 15.8 Å². The molecule has 0 spiro atoms. The monoisotopic (exact) mass is 385 g/mol. The Morgan fingerprint density at radius 3 is 2.31 bits per heavy atom. The molecule has 148 valence electrons. The first kappa shape index (κ1) is 22.1. The van der Waals surface area contributed by atoms with E-state index in [2.05, 4.69) is 15.6 Å². The van der Waals surface area contributed by atoms with Gasteiger partial charge in [0.05, 0.1) is 31.3 Å². The maximum atomic E-state index is 12.2. The molecule has 1 rings (SSSR count). The second-order valence-corrected chi connectivity index (χ2v) is 9.61. The lowest BCUT2D eigenvalue weighted by Crippen LogP contribution is -2.41. The van der Waals surface area contributed by atoms with Crippen LogP contribution in [0.5, 0.6) is 11.5 Å². The first-order valence-electron chi connectivity index (χ1n) is 8.60. The molecule has 0 aliphatic heterocycles. The van der Waals surface area contributed by atoms with Gasteiger partial charge in [0.1, 0.15) is 0 Å². The van der Waals surface area contributed by atoms with Crippen LogP contribution in [0.25, 0.3) is 0 Å². The number of ether oxygens (including phenoxy) is 2. The van der Waals surface area contributed by atoms with Gasteiger partial charge in [0.25, 0.3) is 0 Å². The molecule has 26 heavy (non-hydrogen) atoms. The van der Waals surface area contributed by atoms with Gasteiger partial charge in [-0.3, -0.25) is 0 Å². The van der Waals surface area contributed by atoms with E-state index in [0.717, 1.165) is 5.56 Å². The number of aliphatic imine (C=N–C) groups is 1. The molecule has 0 amide bonds. The molecule has 0 radical (unpaired) electrons. The van der Waals surface area contributed by atoms with Gasteiger partial charge < -0.3 is 20.1 Å². The number of guanidine groups is 1. The maximum Gasteiger partial charge on any atom is 0.191 e. The fraction of sp³-hybridized carbons (Fsp3) is 0.611. The number of sulfone groups is 1. The lowest BCUT2D eigenvalue weighted by Gasteiger charge is -2.19. The Bertz CT molecular complexity index is 710. The second kappa shape index (κ2) is 9.66. The van der Waals surface area contributed by atoms with Gasteiger partial charge in [-0.25, -0.2) is 13.4 Å². The largest absolute Gasteiger partial charge is 0.493 e. The summed E-state index contributed by atoms with van der Waals surface area (Å²) in [5.41, 5.74) is 0.960. The van der Waals surface area contributed by atoms with Crippen molar-refractivity contribution in [2.24, 2.45) is 4.99 Å². The van der Waals surface area contributed by atoms with Crippen molar-refractivity contribution in [3.63, 3.8) is 0 Å². The zero-order chi connectivity index (χ0) is 19.8. The van der Waals surface area contributed by atoms with Crippen LogP contribution in [0, 0.1) is 0 Å².